The fraction of sp³-hybridized carbons (Fsp3) is 0.263. The SMILES string of the molecule is CSc1cccc2sc(NC(=O)c3ccc(S(=O)(=O)N4CCOCC4)cc3)nc12. The molecule has 0 bridgehead atoms. The van der Waals surface area contributed by atoms with Gasteiger partial charge in [0, 0.05) is 23.5 Å². The van der Waals surface area contributed by atoms with Gasteiger partial charge in [0.05, 0.1) is 28.3 Å². The third-order valence-corrected chi connectivity index (χ3v) is 8.16. The van der Waals surface area contributed by atoms with Crippen LogP contribution in [0.25, 0.3) is 10.2 Å². The largest absolute Gasteiger partial charge is 0.379 e. The van der Waals surface area contributed by atoms with Crippen LogP contribution >= 0.6 is 23.1 Å². The number of amides is 1. The van der Waals surface area contributed by atoms with Crippen LogP contribution < -0.4 is 5.32 Å². The molecule has 1 aliphatic rings. The van der Waals surface area contributed by atoms with Gasteiger partial charge < -0.3 is 4.74 Å². The van der Waals surface area contributed by atoms with Crippen molar-refractivity contribution in [3.8, 4) is 0 Å². The van der Waals surface area contributed by atoms with Crippen LogP contribution in [0.15, 0.2) is 52.3 Å². The summed E-state index contributed by atoms with van der Waals surface area (Å²) in [5.41, 5.74) is 1.24. The molecule has 3 aromatic rings. The van der Waals surface area contributed by atoms with Gasteiger partial charge in [0.25, 0.3) is 5.91 Å². The van der Waals surface area contributed by atoms with Crippen molar-refractivity contribution in [2.45, 2.75) is 9.79 Å². The highest BCUT2D eigenvalue weighted by Gasteiger charge is 2.26. The molecule has 0 spiro atoms. The van der Waals surface area contributed by atoms with Crippen molar-refractivity contribution in [1.82, 2.24) is 9.29 Å². The van der Waals surface area contributed by atoms with Gasteiger partial charge in [-0.1, -0.05) is 17.4 Å². The van der Waals surface area contributed by atoms with Gasteiger partial charge >= 0.3 is 0 Å². The summed E-state index contributed by atoms with van der Waals surface area (Å²) in [4.78, 5) is 18.3. The number of hydrogen-bond acceptors (Lipinski definition) is 7. The van der Waals surface area contributed by atoms with E-state index in [-0.39, 0.29) is 10.8 Å². The number of morpholine rings is 1. The Morgan fingerprint density at radius 2 is 1.90 bits per heavy atom. The Balaban J connectivity index is 1.51. The molecule has 2 heterocycles. The monoisotopic (exact) mass is 449 g/mol. The van der Waals surface area contributed by atoms with Crippen LogP contribution in [-0.4, -0.2) is 56.2 Å². The first-order chi connectivity index (χ1) is 14.0. The van der Waals surface area contributed by atoms with Crippen LogP contribution in [0.3, 0.4) is 0 Å². The summed E-state index contributed by atoms with van der Waals surface area (Å²) in [6.45, 7) is 1.45. The molecule has 2 aromatic carbocycles. The summed E-state index contributed by atoms with van der Waals surface area (Å²) in [6.07, 6.45) is 1.99. The second kappa shape index (κ2) is 8.41. The van der Waals surface area contributed by atoms with Crippen LogP contribution in [0.2, 0.25) is 0 Å². The van der Waals surface area contributed by atoms with Gasteiger partial charge in [0.2, 0.25) is 10.0 Å². The number of thioether (sulfide) groups is 1. The predicted molar refractivity (Wildman–Crippen MR) is 115 cm³/mol. The lowest BCUT2D eigenvalue weighted by Crippen LogP contribution is -2.40. The molecule has 0 unspecified atom stereocenters. The molecule has 1 aliphatic heterocycles. The molecule has 1 fully saturated rings. The predicted octanol–water partition coefficient (Wildman–Crippen LogP) is 3.29. The van der Waals surface area contributed by atoms with Crippen LogP contribution in [0.4, 0.5) is 5.13 Å². The minimum Gasteiger partial charge on any atom is -0.379 e. The molecule has 7 nitrogen and oxygen atoms in total. The number of carbonyl (C=O) groups excluding carboxylic acids is 1. The first-order valence-corrected chi connectivity index (χ1v) is 12.4. The topological polar surface area (TPSA) is 88.6 Å². The molecular formula is C19H19N3O4S3. The Morgan fingerprint density at radius 1 is 1.17 bits per heavy atom. The number of nitrogens with zero attached hydrogens (tertiary/aromatic N) is 2. The number of aromatic nitrogens is 1. The van der Waals surface area contributed by atoms with Crippen molar-refractivity contribution in [1.29, 1.82) is 0 Å². The van der Waals surface area contributed by atoms with E-state index < -0.39 is 10.0 Å². The molecule has 1 N–H and O–H groups in total. The number of anilines is 1. The fourth-order valence-electron chi connectivity index (χ4n) is 3.03. The second-order valence-electron chi connectivity index (χ2n) is 6.32. The Kier molecular flexibility index (Phi) is 5.88. The number of carbonyl (C=O) groups is 1. The molecule has 29 heavy (non-hydrogen) atoms. The third-order valence-electron chi connectivity index (χ3n) is 4.55. The lowest BCUT2D eigenvalue weighted by atomic mass is 10.2. The molecule has 0 atom stereocenters. The van der Waals surface area contributed by atoms with Crippen molar-refractivity contribution < 1.29 is 17.9 Å². The van der Waals surface area contributed by atoms with E-state index in [2.05, 4.69) is 10.3 Å². The molecule has 0 aliphatic carbocycles. The Bertz CT molecular complexity index is 1140. The zero-order chi connectivity index (χ0) is 20.4. The quantitative estimate of drug-likeness (QED) is 0.602. The Labute approximate surface area is 177 Å². The third kappa shape index (κ3) is 4.17. The second-order valence-corrected chi connectivity index (χ2v) is 10.1. The number of nitrogens with one attached hydrogen (secondary N) is 1. The maximum absolute atomic E-state index is 12.7. The molecule has 4 rings (SSSR count). The lowest BCUT2D eigenvalue weighted by molar-refractivity contribution is 0.0730. The number of fused-ring (bicyclic) bond motifs is 1. The van der Waals surface area contributed by atoms with E-state index in [0.717, 1.165) is 15.1 Å². The number of para-hydroxylation sites is 1. The maximum atomic E-state index is 12.7. The summed E-state index contributed by atoms with van der Waals surface area (Å²) >= 11 is 3.01. The Morgan fingerprint density at radius 3 is 2.59 bits per heavy atom. The number of sulfonamides is 1. The molecular weight excluding hydrogens is 430 g/mol. The number of hydrogen-bond donors (Lipinski definition) is 1. The van der Waals surface area contributed by atoms with Gasteiger partial charge in [-0.25, -0.2) is 13.4 Å². The van der Waals surface area contributed by atoms with Crippen molar-refractivity contribution >= 4 is 54.4 Å². The van der Waals surface area contributed by atoms with Crippen LogP contribution in [0, 0.1) is 0 Å². The van der Waals surface area contributed by atoms with E-state index in [1.807, 2.05) is 24.5 Å². The highest BCUT2D eigenvalue weighted by Crippen LogP contribution is 2.32. The van der Waals surface area contributed by atoms with Crippen LogP contribution in [-0.2, 0) is 14.8 Å². The summed E-state index contributed by atoms with van der Waals surface area (Å²) in [6, 6.07) is 11.9. The summed E-state index contributed by atoms with van der Waals surface area (Å²) in [7, 11) is -3.58. The molecule has 152 valence electrons. The van der Waals surface area contributed by atoms with Crippen molar-refractivity contribution in [3.63, 3.8) is 0 Å². The molecule has 1 amide bonds. The van der Waals surface area contributed by atoms with Crippen molar-refractivity contribution in [3.05, 3.63) is 48.0 Å². The molecule has 0 radical (unpaired) electrons. The standard InChI is InChI=1S/C19H19N3O4S3/c1-27-15-3-2-4-16-17(15)20-19(28-16)21-18(23)13-5-7-14(8-6-13)29(24,25)22-9-11-26-12-10-22/h2-8H,9-12H2,1H3,(H,20,21,23). The van der Waals surface area contributed by atoms with E-state index in [0.29, 0.717) is 37.0 Å². The van der Waals surface area contributed by atoms with E-state index in [1.165, 1.54) is 39.9 Å². The van der Waals surface area contributed by atoms with Crippen molar-refractivity contribution in [2.75, 3.05) is 37.9 Å². The molecule has 0 saturated carbocycles. The Hall–Kier alpha value is -1.98. The molecule has 1 saturated heterocycles. The average molecular weight is 450 g/mol. The number of thiazole rings is 1. The maximum Gasteiger partial charge on any atom is 0.257 e. The number of benzene rings is 2. The van der Waals surface area contributed by atoms with Gasteiger partial charge in [0.15, 0.2) is 5.13 Å². The minimum atomic E-state index is -3.58. The first kappa shape index (κ1) is 20.3. The van der Waals surface area contributed by atoms with E-state index >= 15 is 0 Å². The minimum absolute atomic E-state index is 0.167. The van der Waals surface area contributed by atoms with E-state index in [1.54, 1.807) is 11.8 Å². The number of ether oxygens (including phenoxy) is 1. The van der Waals surface area contributed by atoms with Gasteiger partial charge in [-0.2, -0.15) is 4.31 Å². The first-order valence-electron chi connectivity index (χ1n) is 8.92. The highest BCUT2D eigenvalue weighted by atomic mass is 32.2. The number of rotatable bonds is 5. The van der Waals surface area contributed by atoms with Gasteiger partial charge in [-0.15, -0.1) is 11.8 Å². The van der Waals surface area contributed by atoms with E-state index in [9.17, 15) is 13.2 Å². The van der Waals surface area contributed by atoms with Gasteiger partial charge in [-0.3, -0.25) is 10.1 Å². The normalized spacial score (nSPS) is 15.5. The zero-order valence-electron chi connectivity index (χ0n) is 15.6. The van der Waals surface area contributed by atoms with Gasteiger partial charge in [-0.05, 0) is 42.7 Å². The van der Waals surface area contributed by atoms with Crippen molar-refractivity contribution in [2.24, 2.45) is 0 Å². The summed E-state index contributed by atoms with van der Waals surface area (Å²) in [5.74, 6) is -0.329. The molecule has 1 aromatic heterocycles. The smallest absolute Gasteiger partial charge is 0.257 e. The summed E-state index contributed by atoms with van der Waals surface area (Å²) < 4.78 is 33.0. The average Bonchev–Trinajstić information content (AvgIpc) is 3.17. The molecule has 10 heteroatoms. The van der Waals surface area contributed by atoms with E-state index in [4.69, 9.17) is 4.74 Å². The van der Waals surface area contributed by atoms with Gasteiger partial charge in [0.1, 0.15) is 0 Å². The zero-order valence-corrected chi connectivity index (χ0v) is 18.1. The fourth-order valence-corrected chi connectivity index (χ4v) is 5.95. The van der Waals surface area contributed by atoms with Crippen LogP contribution in [0.1, 0.15) is 10.4 Å². The summed E-state index contributed by atoms with van der Waals surface area (Å²) in [5, 5.41) is 3.31. The highest BCUT2D eigenvalue weighted by molar-refractivity contribution is 7.98. The lowest BCUT2D eigenvalue weighted by Gasteiger charge is -2.26. The van der Waals surface area contributed by atoms with Crippen LogP contribution in [0.5, 0.6) is 0 Å².